The molecule has 0 saturated carbocycles. The van der Waals surface area contributed by atoms with E-state index in [1.165, 1.54) is 18.1 Å². The van der Waals surface area contributed by atoms with E-state index < -0.39 is 0 Å². The second-order valence-corrected chi connectivity index (χ2v) is 6.94. The molecule has 0 saturated heterocycles. The molecular formula is C18H19N5O3S. The third kappa shape index (κ3) is 3.83. The number of nitrogen functional groups attached to an aromatic ring is 1. The molecule has 1 aliphatic rings. The molecule has 4 rings (SSSR count). The van der Waals surface area contributed by atoms with Gasteiger partial charge < -0.3 is 24.9 Å². The van der Waals surface area contributed by atoms with Crippen molar-refractivity contribution in [1.82, 2.24) is 19.5 Å². The van der Waals surface area contributed by atoms with Gasteiger partial charge in [-0.1, -0.05) is 30.3 Å². The van der Waals surface area contributed by atoms with Crippen LogP contribution in [0.4, 0.5) is 5.82 Å². The first-order valence-corrected chi connectivity index (χ1v) is 9.38. The van der Waals surface area contributed by atoms with Gasteiger partial charge in [-0.25, -0.2) is 15.0 Å². The zero-order valence-electron chi connectivity index (χ0n) is 14.5. The van der Waals surface area contributed by atoms with Crippen LogP contribution in [0.1, 0.15) is 12.0 Å². The molecule has 27 heavy (non-hydrogen) atoms. The van der Waals surface area contributed by atoms with Crippen molar-refractivity contribution in [2.45, 2.75) is 30.8 Å². The number of aryl methyl sites for hydroxylation is 1. The Kier molecular flexibility index (Phi) is 5.12. The Morgan fingerprint density at radius 3 is 2.89 bits per heavy atom. The molecule has 8 nitrogen and oxygen atoms in total. The van der Waals surface area contributed by atoms with E-state index in [-0.39, 0.29) is 12.9 Å². The molecule has 0 amide bonds. The number of benzene rings is 1. The first-order chi connectivity index (χ1) is 13.2. The Morgan fingerprint density at radius 2 is 2.07 bits per heavy atom. The summed E-state index contributed by atoms with van der Waals surface area (Å²) >= 11 is 1.34. The van der Waals surface area contributed by atoms with E-state index >= 15 is 0 Å². The molecule has 1 unspecified atom stereocenters. The Labute approximate surface area is 160 Å². The van der Waals surface area contributed by atoms with E-state index in [1.807, 2.05) is 34.9 Å². The third-order valence-electron chi connectivity index (χ3n) is 4.07. The summed E-state index contributed by atoms with van der Waals surface area (Å²) in [5.74, 6) is 0.323. The van der Waals surface area contributed by atoms with E-state index in [2.05, 4.69) is 15.0 Å². The number of ether oxygens (including phenoxy) is 2. The van der Waals surface area contributed by atoms with E-state index in [0.29, 0.717) is 46.6 Å². The molecule has 1 aliphatic heterocycles. The van der Waals surface area contributed by atoms with Crippen molar-refractivity contribution in [3.05, 3.63) is 53.6 Å². The van der Waals surface area contributed by atoms with Crippen molar-refractivity contribution in [2.75, 3.05) is 12.3 Å². The average Bonchev–Trinajstić information content (AvgIpc) is 3.26. The predicted molar refractivity (Wildman–Crippen MR) is 101 cm³/mol. The van der Waals surface area contributed by atoms with E-state index in [9.17, 15) is 5.11 Å². The van der Waals surface area contributed by atoms with Gasteiger partial charge in [0.25, 0.3) is 0 Å². The number of aromatic nitrogens is 4. The molecule has 3 aromatic rings. The first-order valence-electron chi connectivity index (χ1n) is 8.56. The lowest BCUT2D eigenvalue weighted by atomic mass is 10.1. The lowest BCUT2D eigenvalue weighted by Crippen LogP contribution is -2.11. The normalized spacial score (nSPS) is 16.2. The van der Waals surface area contributed by atoms with Crippen LogP contribution >= 0.6 is 11.8 Å². The van der Waals surface area contributed by atoms with Crippen LogP contribution < -0.4 is 5.73 Å². The van der Waals surface area contributed by atoms with Gasteiger partial charge in [0.15, 0.2) is 27.2 Å². The molecule has 0 bridgehead atoms. The van der Waals surface area contributed by atoms with Gasteiger partial charge in [-0.05, 0) is 23.7 Å². The zero-order chi connectivity index (χ0) is 18.6. The monoisotopic (exact) mass is 385 g/mol. The average molecular weight is 385 g/mol. The summed E-state index contributed by atoms with van der Waals surface area (Å²) in [4.78, 5) is 12.8. The highest BCUT2D eigenvalue weighted by Gasteiger charge is 2.24. The zero-order valence-corrected chi connectivity index (χ0v) is 15.3. The number of nitrogens with two attached hydrogens (primary N) is 1. The summed E-state index contributed by atoms with van der Waals surface area (Å²) in [6.07, 6.45) is 3.88. The smallest absolute Gasteiger partial charge is 0.245 e. The van der Waals surface area contributed by atoms with Crippen LogP contribution in [0.3, 0.4) is 0 Å². The van der Waals surface area contributed by atoms with Crippen molar-refractivity contribution in [2.24, 2.45) is 0 Å². The molecule has 1 atom stereocenters. The standard InChI is InChI=1S/C18H19N5O3S/c19-16-15-17(21-11-20-16)23(7-4-8-24)18(22-15)27-14-10-25-13(26-14)9-12-5-2-1-3-6-12/h1-3,5-6,10-11,13,24H,4,7-9H2,(H2,19,20,21). The highest BCUT2D eigenvalue weighted by molar-refractivity contribution is 8.02. The van der Waals surface area contributed by atoms with Crippen LogP contribution in [0.2, 0.25) is 0 Å². The maximum absolute atomic E-state index is 9.19. The van der Waals surface area contributed by atoms with Gasteiger partial charge in [0.2, 0.25) is 6.29 Å². The van der Waals surface area contributed by atoms with Gasteiger partial charge in [-0.2, -0.15) is 0 Å². The van der Waals surface area contributed by atoms with Crippen LogP contribution in [0.5, 0.6) is 0 Å². The molecule has 0 fully saturated rings. The van der Waals surface area contributed by atoms with Crippen LogP contribution in [0.15, 0.2) is 53.2 Å². The number of hydrogen-bond acceptors (Lipinski definition) is 8. The van der Waals surface area contributed by atoms with Gasteiger partial charge in [0, 0.05) is 19.6 Å². The summed E-state index contributed by atoms with van der Waals surface area (Å²) in [5.41, 5.74) is 8.24. The Hall–Kier alpha value is -2.78. The number of rotatable bonds is 7. The van der Waals surface area contributed by atoms with Gasteiger partial charge in [-0.15, -0.1) is 0 Å². The quantitative estimate of drug-likeness (QED) is 0.638. The summed E-state index contributed by atoms with van der Waals surface area (Å²) in [6.45, 7) is 0.638. The SMILES string of the molecule is Nc1ncnc2c1nc(SC1=COC(Cc3ccccc3)O1)n2CCCO. The van der Waals surface area contributed by atoms with Crippen LogP contribution in [-0.2, 0) is 22.4 Å². The highest BCUT2D eigenvalue weighted by atomic mass is 32.2. The minimum Gasteiger partial charge on any atom is -0.458 e. The van der Waals surface area contributed by atoms with Crippen molar-refractivity contribution >= 4 is 28.7 Å². The minimum atomic E-state index is -0.366. The molecule has 1 aromatic carbocycles. The Bertz CT molecular complexity index is 960. The van der Waals surface area contributed by atoms with Crippen molar-refractivity contribution in [3.63, 3.8) is 0 Å². The van der Waals surface area contributed by atoms with Crippen LogP contribution in [0, 0.1) is 0 Å². The molecular weight excluding hydrogens is 366 g/mol. The van der Waals surface area contributed by atoms with E-state index in [4.69, 9.17) is 15.2 Å². The topological polar surface area (TPSA) is 108 Å². The number of aliphatic hydroxyl groups is 1. The van der Waals surface area contributed by atoms with E-state index in [1.54, 1.807) is 6.26 Å². The van der Waals surface area contributed by atoms with Crippen molar-refractivity contribution in [1.29, 1.82) is 0 Å². The molecule has 9 heteroatoms. The van der Waals surface area contributed by atoms with Gasteiger partial charge in [0.1, 0.15) is 12.6 Å². The van der Waals surface area contributed by atoms with Gasteiger partial charge in [0.05, 0.1) is 0 Å². The fourth-order valence-corrected chi connectivity index (χ4v) is 3.66. The van der Waals surface area contributed by atoms with E-state index in [0.717, 1.165) is 5.56 Å². The second kappa shape index (κ2) is 7.85. The number of thioether (sulfide) groups is 1. The lowest BCUT2D eigenvalue weighted by molar-refractivity contribution is -0.0236. The summed E-state index contributed by atoms with van der Waals surface area (Å²) in [6, 6.07) is 10.0. The Morgan fingerprint density at radius 1 is 1.22 bits per heavy atom. The molecule has 3 heterocycles. The highest BCUT2D eigenvalue weighted by Crippen LogP contribution is 2.34. The minimum absolute atomic E-state index is 0.0752. The van der Waals surface area contributed by atoms with Crippen molar-refractivity contribution < 1.29 is 14.6 Å². The maximum Gasteiger partial charge on any atom is 0.245 e. The summed E-state index contributed by atoms with van der Waals surface area (Å²) in [5, 5.41) is 10.5. The third-order valence-corrected chi connectivity index (χ3v) is 4.95. The molecule has 3 N–H and O–H groups in total. The van der Waals surface area contributed by atoms with Crippen LogP contribution in [-0.4, -0.2) is 37.5 Å². The molecule has 0 radical (unpaired) electrons. The second-order valence-electron chi connectivity index (χ2n) is 5.97. The fraction of sp³-hybridized carbons (Fsp3) is 0.278. The van der Waals surface area contributed by atoms with Crippen LogP contribution in [0.25, 0.3) is 11.2 Å². The van der Waals surface area contributed by atoms with Crippen molar-refractivity contribution in [3.8, 4) is 0 Å². The number of nitrogens with zero attached hydrogens (tertiary/aromatic N) is 4. The number of hydrogen-bond donors (Lipinski definition) is 2. The number of fused-ring (bicyclic) bond motifs is 1. The molecule has 0 aliphatic carbocycles. The lowest BCUT2D eigenvalue weighted by Gasteiger charge is -2.12. The molecule has 140 valence electrons. The fourth-order valence-electron chi connectivity index (χ4n) is 2.79. The summed E-state index contributed by atoms with van der Waals surface area (Å²) in [7, 11) is 0. The van der Waals surface area contributed by atoms with Gasteiger partial charge in [-0.3, -0.25) is 0 Å². The first kappa shape index (κ1) is 17.6. The molecule has 0 spiro atoms. The largest absolute Gasteiger partial charge is 0.458 e. The molecule has 2 aromatic heterocycles. The number of anilines is 1. The predicted octanol–water partition coefficient (Wildman–Crippen LogP) is 2.30. The maximum atomic E-state index is 9.19. The Balaban J connectivity index is 1.51. The van der Waals surface area contributed by atoms with Gasteiger partial charge >= 0.3 is 0 Å². The number of aliphatic hydroxyl groups excluding tert-OH is 1. The number of imidazole rings is 1. The summed E-state index contributed by atoms with van der Waals surface area (Å²) < 4.78 is 13.4.